The Kier molecular flexibility index (Phi) is 5.91. The first-order chi connectivity index (χ1) is 16.7. The number of hydrazone groups is 1. The monoisotopic (exact) mass is 476 g/mol. The van der Waals surface area contributed by atoms with Crippen LogP contribution in [-0.2, 0) is 9.53 Å². The minimum Gasteiger partial charge on any atom is -0.483 e. The van der Waals surface area contributed by atoms with Crippen molar-refractivity contribution in [1.82, 2.24) is 10.3 Å². The number of likely N-dealkylation sites (tertiary alicyclic amines) is 1. The van der Waals surface area contributed by atoms with E-state index in [0.717, 1.165) is 35.4 Å². The molecule has 1 unspecified atom stereocenters. The fraction of sp³-hybridized carbons (Fsp3) is 0.444. The highest BCUT2D eigenvalue weighted by molar-refractivity contribution is 6.09. The number of amidine groups is 1. The van der Waals surface area contributed by atoms with Gasteiger partial charge in [-0.15, -0.1) is 0 Å². The minimum absolute atomic E-state index is 0.138. The summed E-state index contributed by atoms with van der Waals surface area (Å²) >= 11 is 0. The Hall–Kier alpha value is -3.55. The van der Waals surface area contributed by atoms with Gasteiger partial charge >= 0.3 is 6.09 Å². The second-order valence-corrected chi connectivity index (χ2v) is 10.4. The SMILES string of the molecule is CC1C(=O)NN=C2COc3cc(-c4ccccc4)c(C4CCN(C(=O)OC(C)(C)C)CC4)cc3N21. The number of nitrogens with one attached hydrogen (secondary N) is 1. The third kappa shape index (κ3) is 4.57. The Morgan fingerprint density at radius 3 is 2.54 bits per heavy atom. The van der Waals surface area contributed by atoms with Crippen molar-refractivity contribution in [2.45, 2.75) is 58.1 Å². The van der Waals surface area contributed by atoms with Crippen LogP contribution in [0.25, 0.3) is 11.1 Å². The van der Waals surface area contributed by atoms with Crippen molar-refractivity contribution < 1.29 is 19.1 Å². The average molecular weight is 477 g/mol. The highest BCUT2D eigenvalue weighted by Crippen LogP contribution is 2.44. The zero-order valence-electron chi connectivity index (χ0n) is 20.7. The molecule has 35 heavy (non-hydrogen) atoms. The molecule has 184 valence electrons. The molecule has 2 aromatic carbocycles. The molecule has 0 aliphatic carbocycles. The molecule has 3 heterocycles. The van der Waals surface area contributed by atoms with Crippen molar-refractivity contribution in [2.24, 2.45) is 5.10 Å². The molecule has 5 rings (SSSR count). The van der Waals surface area contributed by atoms with E-state index in [0.29, 0.717) is 25.5 Å². The standard InChI is InChI=1S/C27H32N4O4/c1-17-25(32)29-28-24-16-34-23-15-21(18-8-6-5-7-9-18)20(14-22(23)31(17)24)19-10-12-30(13-11-19)26(33)35-27(2,3)4/h5-9,14-15,17,19H,10-13,16H2,1-4H3,(H,29,32). The quantitative estimate of drug-likeness (QED) is 0.690. The molecule has 0 bridgehead atoms. The summed E-state index contributed by atoms with van der Waals surface area (Å²) in [6, 6.07) is 14.2. The highest BCUT2D eigenvalue weighted by atomic mass is 16.6. The van der Waals surface area contributed by atoms with Gasteiger partial charge in [-0.1, -0.05) is 30.3 Å². The summed E-state index contributed by atoms with van der Waals surface area (Å²) in [6.45, 7) is 9.12. The van der Waals surface area contributed by atoms with Crippen LogP contribution < -0.4 is 15.1 Å². The third-order valence-electron chi connectivity index (χ3n) is 6.76. The van der Waals surface area contributed by atoms with Crippen molar-refractivity contribution in [2.75, 3.05) is 24.6 Å². The number of ether oxygens (including phenoxy) is 2. The summed E-state index contributed by atoms with van der Waals surface area (Å²) in [5.74, 6) is 1.56. The molecule has 0 saturated carbocycles. The van der Waals surface area contributed by atoms with E-state index in [-0.39, 0.29) is 24.0 Å². The van der Waals surface area contributed by atoms with Crippen LogP contribution in [0.5, 0.6) is 5.75 Å². The zero-order chi connectivity index (χ0) is 24.7. The molecule has 0 radical (unpaired) electrons. The summed E-state index contributed by atoms with van der Waals surface area (Å²) in [7, 11) is 0. The number of hydrogen-bond acceptors (Lipinski definition) is 6. The van der Waals surface area contributed by atoms with Gasteiger partial charge in [-0.05, 0) is 75.3 Å². The van der Waals surface area contributed by atoms with Crippen molar-refractivity contribution in [3.63, 3.8) is 0 Å². The highest BCUT2D eigenvalue weighted by Gasteiger charge is 2.37. The zero-order valence-corrected chi connectivity index (χ0v) is 20.7. The second-order valence-electron chi connectivity index (χ2n) is 10.4. The molecule has 1 N–H and O–H groups in total. The van der Waals surface area contributed by atoms with Gasteiger partial charge in [-0.3, -0.25) is 4.79 Å². The van der Waals surface area contributed by atoms with Crippen molar-refractivity contribution in [1.29, 1.82) is 0 Å². The van der Waals surface area contributed by atoms with Crippen LogP contribution in [0, 0.1) is 0 Å². The predicted octanol–water partition coefficient (Wildman–Crippen LogP) is 4.50. The number of anilines is 1. The lowest BCUT2D eigenvalue weighted by atomic mass is 9.83. The van der Waals surface area contributed by atoms with E-state index in [1.807, 2.05) is 50.8 Å². The van der Waals surface area contributed by atoms with Crippen molar-refractivity contribution in [3.8, 4) is 16.9 Å². The Morgan fingerprint density at radius 2 is 1.86 bits per heavy atom. The summed E-state index contributed by atoms with van der Waals surface area (Å²) in [5, 5.41) is 4.22. The maximum atomic E-state index is 12.6. The van der Waals surface area contributed by atoms with E-state index in [9.17, 15) is 9.59 Å². The lowest BCUT2D eigenvalue weighted by Crippen LogP contribution is -2.55. The topological polar surface area (TPSA) is 83.5 Å². The Bertz CT molecular complexity index is 1160. The lowest BCUT2D eigenvalue weighted by molar-refractivity contribution is -0.122. The average Bonchev–Trinajstić information content (AvgIpc) is 2.85. The normalized spacial score (nSPS) is 20.3. The van der Waals surface area contributed by atoms with Crippen LogP contribution in [0.15, 0.2) is 47.6 Å². The van der Waals surface area contributed by atoms with E-state index in [4.69, 9.17) is 9.47 Å². The Morgan fingerprint density at radius 1 is 1.14 bits per heavy atom. The molecular formula is C27H32N4O4. The summed E-state index contributed by atoms with van der Waals surface area (Å²) in [4.78, 5) is 28.8. The van der Waals surface area contributed by atoms with Crippen molar-refractivity contribution >= 4 is 23.5 Å². The molecule has 0 aromatic heterocycles. The predicted molar refractivity (Wildman–Crippen MR) is 135 cm³/mol. The van der Waals surface area contributed by atoms with Gasteiger partial charge in [-0.2, -0.15) is 5.10 Å². The molecule has 0 spiro atoms. The van der Waals surface area contributed by atoms with Gasteiger partial charge in [0, 0.05) is 13.1 Å². The fourth-order valence-corrected chi connectivity index (χ4v) is 4.99. The third-order valence-corrected chi connectivity index (χ3v) is 6.76. The summed E-state index contributed by atoms with van der Waals surface area (Å²) < 4.78 is 11.7. The number of amides is 2. The number of nitrogens with zero attached hydrogens (tertiary/aromatic N) is 3. The van der Waals surface area contributed by atoms with E-state index in [2.05, 4.69) is 34.8 Å². The summed E-state index contributed by atoms with van der Waals surface area (Å²) in [6.07, 6.45) is 1.40. The van der Waals surface area contributed by atoms with Gasteiger partial charge in [0.15, 0.2) is 5.84 Å². The van der Waals surface area contributed by atoms with Crippen LogP contribution >= 0.6 is 0 Å². The van der Waals surface area contributed by atoms with Crippen molar-refractivity contribution in [3.05, 3.63) is 48.0 Å². The minimum atomic E-state index is -0.510. The maximum Gasteiger partial charge on any atom is 0.410 e. The second kappa shape index (κ2) is 8.91. The van der Waals surface area contributed by atoms with Gasteiger partial charge in [-0.25, -0.2) is 10.2 Å². The maximum absolute atomic E-state index is 12.6. The number of fused-ring (bicyclic) bond motifs is 3. The van der Waals surface area contributed by atoms with Crippen LogP contribution in [0.3, 0.4) is 0 Å². The molecule has 8 nitrogen and oxygen atoms in total. The lowest BCUT2D eigenvalue weighted by Gasteiger charge is -2.39. The first-order valence-corrected chi connectivity index (χ1v) is 12.2. The van der Waals surface area contributed by atoms with Gasteiger partial charge in [0.1, 0.15) is 24.0 Å². The first-order valence-electron chi connectivity index (χ1n) is 12.2. The number of carbonyl (C=O) groups is 2. The number of carbonyl (C=O) groups excluding carboxylic acids is 2. The van der Waals surface area contributed by atoms with E-state index in [1.54, 1.807) is 4.90 Å². The molecule has 2 amide bonds. The first kappa shape index (κ1) is 23.2. The van der Waals surface area contributed by atoms with Crippen LogP contribution in [0.1, 0.15) is 52.0 Å². The summed E-state index contributed by atoms with van der Waals surface area (Å²) in [5.41, 5.74) is 6.37. The van der Waals surface area contributed by atoms with Crippen LogP contribution in [0.2, 0.25) is 0 Å². The van der Waals surface area contributed by atoms with Gasteiger partial charge < -0.3 is 19.3 Å². The molecule has 3 aliphatic heterocycles. The number of rotatable bonds is 2. The molecular weight excluding hydrogens is 444 g/mol. The van der Waals surface area contributed by atoms with Gasteiger partial charge in [0.2, 0.25) is 0 Å². The van der Waals surface area contributed by atoms with E-state index in [1.165, 1.54) is 5.56 Å². The van der Waals surface area contributed by atoms with Crippen LogP contribution in [-0.4, -0.2) is 54.1 Å². The Balaban J connectivity index is 1.49. The molecule has 1 fully saturated rings. The molecule has 8 heteroatoms. The van der Waals surface area contributed by atoms with Gasteiger partial charge in [0.25, 0.3) is 5.91 Å². The Labute approximate surface area is 205 Å². The number of hydrogen-bond donors (Lipinski definition) is 1. The van der Waals surface area contributed by atoms with E-state index >= 15 is 0 Å². The molecule has 1 saturated heterocycles. The van der Waals surface area contributed by atoms with Gasteiger partial charge in [0.05, 0.1) is 5.69 Å². The molecule has 3 aliphatic rings. The van der Waals surface area contributed by atoms with Crippen LogP contribution in [0.4, 0.5) is 10.5 Å². The molecule has 1 atom stereocenters. The number of benzene rings is 2. The fourth-order valence-electron chi connectivity index (χ4n) is 4.99. The number of piperidine rings is 1. The largest absolute Gasteiger partial charge is 0.483 e. The molecule has 2 aromatic rings. The smallest absolute Gasteiger partial charge is 0.410 e. The van der Waals surface area contributed by atoms with E-state index < -0.39 is 5.60 Å².